The molecule has 1 heterocycles. The number of nitrogens with zero attached hydrogens (tertiary/aromatic N) is 1. The van der Waals surface area contributed by atoms with Crippen molar-refractivity contribution in [3.8, 4) is 0 Å². The van der Waals surface area contributed by atoms with Gasteiger partial charge in [0.05, 0.1) is 11.5 Å². The molecule has 0 saturated carbocycles. The molecule has 20 heavy (non-hydrogen) atoms. The third kappa shape index (κ3) is 3.34. The molecule has 0 aliphatic carbocycles. The molecule has 2 N–H and O–H groups in total. The maximum absolute atomic E-state index is 14.2. The van der Waals surface area contributed by atoms with Crippen molar-refractivity contribution < 1.29 is 12.8 Å². The molecule has 1 aromatic rings. The van der Waals surface area contributed by atoms with Gasteiger partial charge in [0, 0.05) is 30.3 Å². The monoisotopic (exact) mass is 316 g/mol. The summed E-state index contributed by atoms with van der Waals surface area (Å²) in [7, 11) is -2.97. The van der Waals surface area contributed by atoms with Gasteiger partial charge in [-0.2, -0.15) is 0 Å². The number of thiocarbonyl (C=S) groups is 1. The van der Waals surface area contributed by atoms with Crippen LogP contribution in [0.15, 0.2) is 18.2 Å². The number of sulfone groups is 1. The summed E-state index contributed by atoms with van der Waals surface area (Å²) in [5.74, 6) is -0.182. The Morgan fingerprint density at radius 3 is 2.85 bits per heavy atom. The van der Waals surface area contributed by atoms with Gasteiger partial charge in [-0.25, -0.2) is 12.8 Å². The molecule has 1 unspecified atom stereocenters. The first-order valence-corrected chi connectivity index (χ1v) is 8.55. The smallest absolute Gasteiger partial charge is 0.153 e. The Labute approximate surface area is 123 Å². The molecule has 0 radical (unpaired) electrons. The first kappa shape index (κ1) is 15.3. The molecule has 1 aromatic carbocycles. The van der Waals surface area contributed by atoms with Gasteiger partial charge in [0.2, 0.25) is 0 Å². The lowest BCUT2D eigenvalue weighted by Crippen LogP contribution is -2.46. The summed E-state index contributed by atoms with van der Waals surface area (Å²) in [6, 6.07) is 4.80. The fourth-order valence-electron chi connectivity index (χ4n) is 2.38. The molecule has 1 fully saturated rings. The third-order valence-corrected chi connectivity index (χ3v) is 5.54. The maximum atomic E-state index is 14.2. The zero-order valence-electron chi connectivity index (χ0n) is 11.2. The maximum Gasteiger partial charge on any atom is 0.153 e. The second kappa shape index (κ2) is 5.75. The topological polar surface area (TPSA) is 63.4 Å². The molecule has 4 nitrogen and oxygen atoms in total. The van der Waals surface area contributed by atoms with Crippen LogP contribution in [0.3, 0.4) is 0 Å². The summed E-state index contributed by atoms with van der Waals surface area (Å²) in [5.41, 5.74) is 6.20. The van der Waals surface area contributed by atoms with Gasteiger partial charge in [-0.3, -0.25) is 4.90 Å². The summed E-state index contributed by atoms with van der Waals surface area (Å²) in [6.45, 7) is 2.62. The Balaban J connectivity index is 2.19. The van der Waals surface area contributed by atoms with E-state index >= 15 is 0 Å². The van der Waals surface area contributed by atoms with Gasteiger partial charge in [0.15, 0.2) is 9.84 Å². The lowest BCUT2D eigenvalue weighted by Gasteiger charge is -2.33. The molecule has 1 atom stereocenters. The van der Waals surface area contributed by atoms with Crippen LogP contribution >= 0.6 is 12.2 Å². The van der Waals surface area contributed by atoms with Gasteiger partial charge in [-0.15, -0.1) is 0 Å². The number of hydrogen-bond donors (Lipinski definition) is 1. The molecule has 110 valence electrons. The minimum atomic E-state index is -2.97. The minimum Gasteiger partial charge on any atom is -0.389 e. The van der Waals surface area contributed by atoms with E-state index in [1.54, 1.807) is 18.2 Å². The van der Waals surface area contributed by atoms with Crippen LogP contribution in [0, 0.1) is 5.82 Å². The van der Waals surface area contributed by atoms with Crippen molar-refractivity contribution in [2.75, 3.05) is 18.1 Å². The summed E-state index contributed by atoms with van der Waals surface area (Å²) >= 11 is 4.81. The summed E-state index contributed by atoms with van der Waals surface area (Å²) in [6.07, 6.45) is 0. The Morgan fingerprint density at radius 1 is 1.55 bits per heavy atom. The number of halogens is 1. The first-order chi connectivity index (χ1) is 9.30. The SMILES string of the molecule is CC1CS(=O)(=O)CCN1Cc1cccc(C(N)=S)c1F. The van der Waals surface area contributed by atoms with E-state index in [2.05, 4.69) is 0 Å². The summed E-state index contributed by atoms with van der Waals surface area (Å²) in [5, 5.41) is 0. The quantitative estimate of drug-likeness (QED) is 0.846. The van der Waals surface area contributed by atoms with Gasteiger partial charge in [0.1, 0.15) is 10.8 Å². The fourth-order valence-corrected chi connectivity index (χ4v) is 4.16. The van der Waals surface area contributed by atoms with Gasteiger partial charge in [-0.05, 0) is 13.0 Å². The zero-order valence-corrected chi connectivity index (χ0v) is 12.8. The molecule has 0 amide bonds. The Kier molecular flexibility index (Phi) is 4.41. The van der Waals surface area contributed by atoms with Crippen LogP contribution in [0.1, 0.15) is 18.1 Å². The molecule has 0 spiro atoms. The van der Waals surface area contributed by atoms with Crippen molar-refractivity contribution in [2.45, 2.75) is 19.5 Å². The number of nitrogens with two attached hydrogens (primary N) is 1. The van der Waals surface area contributed by atoms with Gasteiger partial charge < -0.3 is 5.73 Å². The van der Waals surface area contributed by atoms with Crippen molar-refractivity contribution in [3.63, 3.8) is 0 Å². The van der Waals surface area contributed by atoms with Crippen molar-refractivity contribution in [2.24, 2.45) is 5.73 Å². The van der Waals surface area contributed by atoms with E-state index < -0.39 is 15.7 Å². The molecule has 1 saturated heterocycles. The van der Waals surface area contributed by atoms with Crippen LogP contribution in [0.5, 0.6) is 0 Å². The third-order valence-electron chi connectivity index (χ3n) is 3.53. The predicted molar refractivity (Wildman–Crippen MR) is 80.8 cm³/mol. The first-order valence-electron chi connectivity index (χ1n) is 6.32. The lowest BCUT2D eigenvalue weighted by atomic mass is 10.1. The number of benzene rings is 1. The highest BCUT2D eigenvalue weighted by atomic mass is 32.2. The van der Waals surface area contributed by atoms with Crippen LogP contribution in [-0.2, 0) is 16.4 Å². The van der Waals surface area contributed by atoms with Crippen LogP contribution in [0.2, 0.25) is 0 Å². The van der Waals surface area contributed by atoms with E-state index in [-0.39, 0.29) is 28.1 Å². The molecular formula is C13H17FN2O2S2. The highest BCUT2D eigenvalue weighted by Crippen LogP contribution is 2.19. The van der Waals surface area contributed by atoms with Gasteiger partial charge in [-0.1, -0.05) is 24.4 Å². The van der Waals surface area contributed by atoms with Crippen LogP contribution in [-0.4, -0.2) is 42.4 Å². The minimum absolute atomic E-state index is 0.0265. The van der Waals surface area contributed by atoms with E-state index in [0.717, 1.165) is 0 Å². The molecule has 2 rings (SSSR count). The Morgan fingerprint density at radius 2 is 2.25 bits per heavy atom. The Bertz CT molecular complexity index is 631. The number of rotatable bonds is 3. The zero-order chi connectivity index (χ0) is 14.9. The molecule has 1 aliphatic heterocycles. The predicted octanol–water partition coefficient (Wildman–Crippen LogP) is 1.08. The summed E-state index contributed by atoms with van der Waals surface area (Å²) in [4.78, 5) is 1.99. The molecule has 0 bridgehead atoms. The van der Waals surface area contributed by atoms with Crippen molar-refractivity contribution in [1.29, 1.82) is 0 Å². The molecule has 0 aromatic heterocycles. The molecule has 1 aliphatic rings. The van der Waals surface area contributed by atoms with E-state index in [1.807, 2.05) is 11.8 Å². The number of hydrogen-bond acceptors (Lipinski definition) is 4. The summed E-state index contributed by atoms with van der Waals surface area (Å²) < 4.78 is 37.3. The van der Waals surface area contributed by atoms with E-state index in [0.29, 0.717) is 18.7 Å². The standard InChI is InChI=1S/C13H17FN2O2S2/c1-9-8-20(17,18)6-5-16(9)7-10-3-2-4-11(12(10)14)13(15)19/h2-4,9H,5-8H2,1H3,(H2,15,19). The second-order valence-corrected chi connectivity index (χ2v) is 7.75. The van der Waals surface area contributed by atoms with Crippen molar-refractivity contribution >= 4 is 27.0 Å². The highest BCUT2D eigenvalue weighted by Gasteiger charge is 2.28. The lowest BCUT2D eigenvalue weighted by molar-refractivity contribution is 0.215. The van der Waals surface area contributed by atoms with Gasteiger partial charge >= 0.3 is 0 Å². The van der Waals surface area contributed by atoms with Crippen LogP contribution in [0.25, 0.3) is 0 Å². The fraction of sp³-hybridized carbons (Fsp3) is 0.462. The van der Waals surface area contributed by atoms with Crippen molar-refractivity contribution in [3.05, 3.63) is 35.1 Å². The Hall–Kier alpha value is -1.05. The molecular weight excluding hydrogens is 299 g/mol. The van der Waals surface area contributed by atoms with E-state index in [1.165, 1.54) is 0 Å². The van der Waals surface area contributed by atoms with Crippen LogP contribution in [0.4, 0.5) is 4.39 Å². The normalized spacial score (nSPS) is 22.6. The van der Waals surface area contributed by atoms with E-state index in [9.17, 15) is 12.8 Å². The van der Waals surface area contributed by atoms with E-state index in [4.69, 9.17) is 18.0 Å². The van der Waals surface area contributed by atoms with Gasteiger partial charge in [0.25, 0.3) is 0 Å². The second-order valence-electron chi connectivity index (χ2n) is 5.08. The van der Waals surface area contributed by atoms with Crippen molar-refractivity contribution in [1.82, 2.24) is 4.90 Å². The highest BCUT2D eigenvalue weighted by molar-refractivity contribution is 7.91. The average Bonchev–Trinajstić information content (AvgIpc) is 2.34. The largest absolute Gasteiger partial charge is 0.389 e. The average molecular weight is 316 g/mol. The van der Waals surface area contributed by atoms with Crippen LogP contribution < -0.4 is 5.73 Å². The molecule has 7 heteroatoms.